The Morgan fingerprint density at radius 3 is 2.34 bits per heavy atom. The van der Waals surface area contributed by atoms with E-state index in [1.807, 2.05) is 66.8 Å². The van der Waals surface area contributed by atoms with Crippen molar-refractivity contribution in [2.75, 3.05) is 5.32 Å². The van der Waals surface area contributed by atoms with Gasteiger partial charge in [0.1, 0.15) is 11.6 Å². The molecule has 8 nitrogen and oxygen atoms in total. The van der Waals surface area contributed by atoms with Gasteiger partial charge in [-0.05, 0) is 67.4 Å². The van der Waals surface area contributed by atoms with Gasteiger partial charge < -0.3 is 15.8 Å². The molecule has 0 saturated heterocycles. The van der Waals surface area contributed by atoms with Crippen LogP contribution in [0.3, 0.4) is 0 Å². The van der Waals surface area contributed by atoms with Crippen molar-refractivity contribution in [3.05, 3.63) is 109 Å². The fourth-order valence-electron chi connectivity index (χ4n) is 4.45. The molecule has 0 saturated carbocycles. The Morgan fingerprint density at radius 1 is 0.974 bits per heavy atom. The zero-order valence-electron chi connectivity index (χ0n) is 20.9. The lowest BCUT2D eigenvalue weighted by molar-refractivity contribution is -0.111. The summed E-state index contributed by atoms with van der Waals surface area (Å²) in [6.45, 7) is 7.26. The van der Waals surface area contributed by atoms with Gasteiger partial charge in [0.2, 0.25) is 11.8 Å². The van der Waals surface area contributed by atoms with Gasteiger partial charge in [0, 0.05) is 29.2 Å². The van der Waals surface area contributed by atoms with E-state index in [4.69, 9.17) is 10.5 Å². The second-order valence-electron chi connectivity index (χ2n) is 8.69. The van der Waals surface area contributed by atoms with Crippen molar-refractivity contribution in [2.24, 2.45) is 5.73 Å². The maximum absolute atomic E-state index is 12.8. The standard InChI is InChI=1S/C30H25N5O3/c1-4-25(36)34-22-12-8-21(9-13-22)29-27(28(30(31)37)24-16-17-32-19(3)35(24)29)20-10-14-23(15-11-20)38-26-7-5-6-18(2)33-26/h4-17H,1H2,2-3H3,(H2,31,37)(H,34,36). The number of fused-ring (bicyclic) bond motifs is 1. The van der Waals surface area contributed by atoms with Crippen LogP contribution in [0.1, 0.15) is 21.9 Å². The average Bonchev–Trinajstić information content (AvgIpc) is 3.26. The van der Waals surface area contributed by atoms with Crippen LogP contribution in [0.15, 0.2) is 91.6 Å². The van der Waals surface area contributed by atoms with Crippen LogP contribution in [0.4, 0.5) is 5.69 Å². The first-order valence-corrected chi connectivity index (χ1v) is 11.9. The molecule has 0 aliphatic carbocycles. The van der Waals surface area contributed by atoms with Crippen LogP contribution < -0.4 is 15.8 Å². The lowest BCUT2D eigenvalue weighted by Gasteiger charge is -2.11. The maximum atomic E-state index is 12.8. The third-order valence-electron chi connectivity index (χ3n) is 6.11. The molecular formula is C30H25N5O3. The van der Waals surface area contributed by atoms with E-state index < -0.39 is 5.91 Å². The van der Waals surface area contributed by atoms with E-state index in [0.29, 0.717) is 39.8 Å². The van der Waals surface area contributed by atoms with Crippen molar-refractivity contribution >= 4 is 23.0 Å². The molecule has 5 rings (SSSR count). The van der Waals surface area contributed by atoms with E-state index in [1.165, 1.54) is 6.08 Å². The maximum Gasteiger partial charge on any atom is 0.251 e. The van der Waals surface area contributed by atoms with Gasteiger partial charge in [-0.3, -0.25) is 14.0 Å². The van der Waals surface area contributed by atoms with Crippen LogP contribution in [-0.2, 0) is 4.79 Å². The normalized spacial score (nSPS) is 10.8. The number of benzene rings is 2. The number of primary amides is 1. The lowest BCUT2D eigenvalue weighted by atomic mass is 9.96. The molecule has 5 aromatic rings. The smallest absolute Gasteiger partial charge is 0.251 e. The summed E-state index contributed by atoms with van der Waals surface area (Å²) in [6.07, 6.45) is 2.87. The summed E-state index contributed by atoms with van der Waals surface area (Å²) < 4.78 is 7.84. The van der Waals surface area contributed by atoms with Crippen LogP contribution in [0.25, 0.3) is 27.9 Å². The van der Waals surface area contributed by atoms with Crippen molar-refractivity contribution in [1.29, 1.82) is 0 Å². The van der Waals surface area contributed by atoms with Crippen LogP contribution in [0.5, 0.6) is 11.6 Å². The number of amides is 2. The second-order valence-corrected chi connectivity index (χ2v) is 8.69. The number of ether oxygens (including phenoxy) is 1. The molecule has 3 aromatic heterocycles. The summed E-state index contributed by atoms with van der Waals surface area (Å²) in [5.41, 5.74) is 11.5. The van der Waals surface area contributed by atoms with Gasteiger partial charge in [0.15, 0.2) is 0 Å². The Balaban J connectivity index is 1.65. The van der Waals surface area contributed by atoms with Crippen LogP contribution in [-0.4, -0.2) is 26.2 Å². The first-order chi connectivity index (χ1) is 18.4. The number of nitrogens with one attached hydrogen (secondary N) is 1. The molecule has 0 aliphatic heterocycles. The third kappa shape index (κ3) is 4.62. The van der Waals surface area contributed by atoms with Gasteiger partial charge in [0.05, 0.1) is 16.8 Å². The van der Waals surface area contributed by atoms with Gasteiger partial charge in [-0.1, -0.05) is 36.9 Å². The molecule has 2 aromatic carbocycles. The molecule has 0 spiro atoms. The highest BCUT2D eigenvalue weighted by molar-refractivity contribution is 6.11. The van der Waals surface area contributed by atoms with Crippen molar-refractivity contribution in [1.82, 2.24) is 14.4 Å². The van der Waals surface area contributed by atoms with Crippen molar-refractivity contribution in [2.45, 2.75) is 13.8 Å². The largest absolute Gasteiger partial charge is 0.439 e. The molecule has 3 N–H and O–H groups in total. The number of pyridine rings is 1. The Bertz CT molecular complexity index is 1690. The first-order valence-electron chi connectivity index (χ1n) is 11.9. The number of carbonyl (C=O) groups is 2. The van der Waals surface area contributed by atoms with E-state index in [0.717, 1.165) is 22.5 Å². The minimum atomic E-state index is -0.548. The summed E-state index contributed by atoms with van der Waals surface area (Å²) in [4.78, 5) is 33.4. The van der Waals surface area contributed by atoms with Gasteiger partial charge in [-0.15, -0.1) is 0 Å². The minimum absolute atomic E-state index is 0.300. The monoisotopic (exact) mass is 503 g/mol. The summed E-state index contributed by atoms with van der Waals surface area (Å²) in [7, 11) is 0. The number of aryl methyl sites for hydroxylation is 2. The van der Waals surface area contributed by atoms with Crippen molar-refractivity contribution in [3.63, 3.8) is 0 Å². The quantitative estimate of drug-likeness (QED) is 0.277. The zero-order chi connectivity index (χ0) is 26.8. The molecule has 8 heteroatoms. The van der Waals surface area contributed by atoms with Crippen molar-refractivity contribution < 1.29 is 14.3 Å². The number of hydrogen-bond acceptors (Lipinski definition) is 5. The Kier molecular flexibility index (Phi) is 6.45. The van der Waals surface area contributed by atoms with E-state index in [-0.39, 0.29) is 5.91 Å². The van der Waals surface area contributed by atoms with Gasteiger partial charge in [0.25, 0.3) is 5.91 Å². The van der Waals surface area contributed by atoms with Gasteiger partial charge >= 0.3 is 0 Å². The lowest BCUT2D eigenvalue weighted by Crippen LogP contribution is -2.12. The number of aromatic nitrogens is 3. The average molecular weight is 504 g/mol. The molecule has 0 radical (unpaired) electrons. The molecule has 0 bridgehead atoms. The summed E-state index contributed by atoms with van der Waals surface area (Å²) in [6, 6.07) is 22.1. The first kappa shape index (κ1) is 24.5. The number of anilines is 1. The molecule has 0 atom stereocenters. The topological polar surface area (TPSA) is 112 Å². The Labute approximate surface area is 219 Å². The SMILES string of the molecule is C=CC(=O)Nc1ccc(-c2c(-c3ccc(Oc4cccc(C)n4)cc3)c(C(N)=O)c3ccnc(C)n23)cc1. The van der Waals surface area contributed by atoms with Crippen LogP contribution >= 0.6 is 0 Å². The molecule has 3 heterocycles. The highest BCUT2D eigenvalue weighted by Gasteiger charge is 2.25. The van der Waals surface area contributed by atoms with Gasteiger partial charge in [-0.2, -0.15) is 0 Å². The predicted molar refractivity (Wildman–Crippen MR) is 147 cm³/mol. The molecule has 38 heavy (non-hydrogen) atoms. The van der Waals surface area contributed by atoms with E-state index >= 15 is 0 Å². The summed E-state index contributed by atoms with van der Waals surface area (Å²) in [5, 5.41) is 2.75. The van der Waals surface area contributed by atoms with Crippen LogP contribution in [0, 0.1) is 13.8 Å². The van der Waals surface area contributed by atoms with E-state index in [1.54, 1.807) is 30.5 Å². The van der Waals surface area contributed by atoms with Crippen molar-refractivity contribution in [3.8, 4) is 34.0 Å². The minimum Gasteiger partial charge on any atom is -0.439 e. The highest BCUT2D eigenvalue weighted by atomic mass is 16.5. The number of carbonyl (C=O) groups excluding carboxylic acids is 2. The van der Waals surface area contributed by atoms with Gasteiger partial charge in [-0.25, -0.2) is 9.97 Å². The molecular weight excluding hydrogens is 478 g/mol. The molecule has 2 amide bonds. The third-order valence-corrected chi connectivity index (χ3v) is 6.11. The van der Waals surface area contributed by atoms with E-state index in [2.05, 4.69) is 21.9 Å². The molecule has 0 fully saturated rings. The molecule has 188 valence electrons. The highest BCUT2D eigenvalue weighted by Crippen LogP contribution is 2.40. The second kappa shape index (κ2) is 10.0. The fourth-order valence-corrected chi connectivity index (χ4v) is 4.45. The number of nitrogens with zero attached hydrogens (tertiary/aromatic N) is 3. The zero-order valence-corrected chi connectivity index (χ0v) is 20.9. The Hall–Kier alpha value is -5.24. The summed E-state index contributed by atoms with van der Waals surface area (Å²) >= 11 is 0. The molecule has 0 unspecified atom stereocenters. The predicted octanol–water partition coefficient (Wildman–Crippen LogP) is 5.70. The molecule has 0 aliphatic rings. The van der Waals surface area contributed by atoms with Crippen LogP contribution in [0.2, 0.25) is 0 Å². The fraction of sp³-hybridized carbons (Fsp3) is 0.0667. The number of rotatable bonds is 7. The van der Waals surface area contributed by atoms with E-state index in [9.17, 15) is 9.59 Å². The number of hydrogen-bond donors (Lipinski definition) is 2. The number of nitrogens with two attached hydrogens (primary N) is 1. The summed E-state index contributed by atoms with van der Waals surface area (Å²) in [5.74, 6) is 0.953. The Morgan fingerprint density at radius 2 is 1.68 bits per heavy atom.